The maximum atomic E-state index is 13.8. The normalized spacial score (nSPS) is 20.1. The molecule has 4 rings (SSSR count). The lowest BCUT2D eigenvalue weighted by Crippen LogP contribution is -2.56. The minimum atomic E-state index is -1.28. The molecule has 5 nitrogen and oxygen atoms in total. The lowest BCUT2D eigenvalue weighted by Gasteiger charge is -2.45. The van der Waals surface area contributed by atoms with Crippen LogP contribution in [0, 0.1) is 5.92 Å². The topological polar surface area (TPSA) is 62.7 Å². The van der Waals surface area contributed by atoms with Gasteiger partial charge in [0.2, 0.25) is 0 Å². The highest BCUT2D eigenvalue weighted by molar-refractivity contribution is 7.99. The summed E-state index contributed by atoms with van der Waals surface area (Å²) in [6, 6.07) is 23.2. The third-order valence-electron chi connectivity index (χ3n) is 6.82. The van der Waals surface area contributed by atoms with Crippen LogP contribution < -0.4 is 0 Å². The second-order valence-corrected chi connectivity index (χ2v) is 9.95. The van der Waals surface area contributed by atoms with Crippen LogP contribution in [0.2, 0.25) is 0 Å². The van der Waals surface area contributed by atoms with Gasteiger partial charge in [0, 0.05) is 23.5 Å². The summed E-state index contributed by atoms with van der Waals surface area (Å²) >= 11 is 1.46. The highest BCUT2D eigenvalue weighted by atomic mass is 32.2. The minimum absolute atomic E-state index is 0.0417. The van der Waals surface area contributed by atoms with Gasteiger partial charge in [-0.05, 0) is 36.3 Å². The van der Waals surface area contributed by atoms with Crippen LogP contribution >= 0.6 is 11.8 Å². The van der Waals surface area contributed by atoms with Gasteiger partial charge in [-0.25, -0.2) is 4.79 Å². The Bertz CT molecular complexity index is 1050. The van der Waals surface area contributed by atoms with Crippen molar-refractivity contribution in [2.75, 3.05) is 6.26 Å². The zero-order chi connectivity index (χ0) is 24.3. The number of carbonyl (C=O) groups excluding carboxylic acids is 1. The van der Waals surface area contributed by atoms with Crippen LogP contribution in [0.25, 0.3) is 0 Å². The summed E-state index contributed by atoms with van der Waals surface area (Å²) in [5.41, 5.74) is 0.280. The first-order chi connectivity index (χ1) is 16.4. The number of ether oxygens (including phenoxy) is 1. The highest BCUT2D eigenvalue weighted by Gasteiger charge is 2.61. The van der Waals surface area contributed by atoms with E-state index in [9.17, 15) is 9.90 Å². The monoisotopic (exact) mass is 476 g/mol. The predicted octanol–water partition coefficient (Wildman–Crippen LogP) is 5.79. The van der Waals surface area contributed by atoms with Crippen molar-refractivity contribution in [2.24, 2.45) is 5.92 Å². The smallest absolute Gasteiger partial charge is 0.412 e. The molecule has 0 bridgehead atoms. The largest absolute Gasteiger partial charge is 0.431 e. The Morgan fingerprint density at radius 3 is 2.00 bits per heavy atom. The number of rotatable bonds is 8. The first kappa shape index (κ1) is 24.3. The molecule has 1 N–H and O–H groups in total. The lowest BCUT2D eigenvalue weighted by atomic mass is 9.75. The van der Waals surface area contributed by atoms with E-state index >= 15 is 0 Å². The number of pyridine rings is 1. The van der Waals surface area contributed by atoms with Crippen LogP contribution in [0.3, 0.4) is 0 Å². The van der Waals surface area contributed by atoms with E-state index < -0.39 is 22.7 Å². The van der Waals surface area contributed by atoms with Crippen molar-refractivity contribution in [3.63, 3.8) is 0 Å². The first-order valence-corrected chi connectivity index (χ1v) is 13.0. The first-order valence-electron chi connectivity index (χ1n) is 11.7. The average molecular weight is 477 g/mol. The number of hydrogen-bond acceptors (Lipinski definition) is 5. The van der Waals surface area contributed by atoms with Crippen molar-refractivity contribution < 1.29 is 14.6 Å². The van der Waals surface area contributed by atoms with E-state index in [-0.39, 0.29) is 12.0 Å². The van der Waals surface area contributed by atoms with Gasteiger partial charge in [0.15, 0.2) is 5.60 Å². The van der Waals surface area contributed by atoms with E-state index in [2.05, 4.69) is 18.8 Å². The quantitative estimate of drug-likeness (QED) is 0.446. The highest BCUT2D eigenvalue weighted by Crippen LogP contribution is 2.51. The standard InChI is InChI=1S/C28H32N2O3S/c1-5-27(32,21-16-18-29-19-17-21)25(34-4)30-24(20(2)3)28(33-26(30)31,22-12-8-6-9-13-22)23-14-10-7-11-15-23/h6-20,24-25,32H,5H2,1-4H3/t24-,25-,27+/m0/s1. The molecule has 0 spiro atoms. The van der Waals surface area contributed by atoms with Crippen LogP contribution in [0.4, 0.5) is 4.79 Å². The molecule has 1 aliphatic rings. The fourth-order valence-corrected chi connectivity index (χ4v) is 6.43. The van der Waals surface area contributed by atoms with Crippen molar-refractivity contribution in [1.29, 1.82) is 0 Å². The molecule has 1 aliphatic heterocycles. The summed E-state index contributed by atoms with van der Waals surface area (Å²) < 4.78 is 6.42. The fourth-order valence-electron chi connectivity index (χ4n) is 5.29. The zero-order valence-corrected chi connectivity index (χ0v) is 20.9. The Hall–Kier alpha value is -2.83. The molecule has 2 heterocycles. The van der Waals surface area contributed by atoms with Gasteiger partial charge in [-0.15, -0.1) is 11.8 Å². The number of thioether (sulfide) groups is 1. The van der Waals surface area contributed by atoms with Gasteiger partial charge in [0.25, 0.3) is 0 Å². The molecule has 0 unspecified atom stereocenters. The molecule has 1 aromatic heterocycles. The number of hydrogen-bond donors (Lipinski definition) is 1. The predicted molar refractivity (Wildman–Crippen MR) is 136 cm³/mol. The van der Waals surface area contributed by atoms with E-state index in [0.717, 1.165) is 16.7 Å². The zero-order valence-electron chi connectivity index (χ0n) is 20.1. The van der Waals surface area contributed by atoms with Crippen molar-refractivity contribution in [3.8, 4) is 0 Å². The Morgan fingerprint density at radius 2 is 1.56 bits per heavy atom. The average Bonchev–Trinajstić information content (AvgIpc) is 3.19. The molecule has 0 saturated carbocycles. The molecule has 34 heavy (non-hydrogen) atoms. The van der Waals surface area contributed by atoms with Crippen LogP contribution in [-0.2, 0) is 15.9 Å². The number of cyclic esters (lactones) is 1. The molecule has 0 radical (unpaired) electrons. The van der Waals surface area contributed by atoms with Gasteiger partial charge in [-0.2, -0.15) is 0 Å². The second kappa shape index (κ2) is 9.80. The SMILES string of the molecule is CC[C@@](O)(c1ccncc1)[C@H](SC)N1C(=O)OC(c2ccccc2)(c2ccccc2)[C@@H]1C(C)C. The Balaban J connectivity index is 1.93. The second-order valence-electron chi connectivity index (χ2n) is 9.03. The van der Waals surface area contributed by atoms with Crippen molar-refractivity contribution >= 4 is 17.9 Å². The van der Waals surface area contributed by atoms with E-state index in [1.54, 1.807) is 17.3 Å². The third kappa shape index (κ3) is 3.89. The molecule has 3 aromatic rings. The number of nitrogens with zero attached hydrogens (tertiary/aromatic N) is 2. The Labute approximate surface area is 206 Å². The molecular weight excluding hydrogens is 444 g/mol. The number of amides is 1. The summed E-state index contributed by atoms with van der Waals surface area (Å²) in [5.74, 6) is 0.0417. The van der Waals surface area contributed by atoms with Crippen LogP contribution in [0.15, 0.2) is 85.2 Å². The Morgan fingerprint density at radius 1 is 1.03 bits per heavy atom. The van der Waals surface area contributed by atoms with Crippen LogP contribution in [-0.4, -0.2) is 38.8 Å². The minimum Gasteiger partial charge on any atom is -0.431 e. The van der Waals surface area contributed by atoms with Gasteiger partial charge in [0.05, 0.1) is 6.04 Å². The van der Waals surface area contributed by atoms with Crippen molar-refractivity contribution in [2.45, 2.75) is 49.8 Å². The molecular formula is C28H32N2O3S. The lowest BCUT2D eigenvalue weighted by molar-refractivity contribution is -0.0222. The van der Waals surface area contributed by atoms with E-state index in [4.69, 9.17) is 4.74 Å². The summed E-state index contributed by atoms with van der Waals surface area (Å²) in [6.45, 7) is 6.15. The summed E-state index contributed by atoms with van der Waals surface area (Å²) in [4.78, 5) is 19.7. The molecule has 0 aliphatic carbocycles. The van der Waals surface area contributed by atoms with Crippen LogP contribution in [0.1, 0.15) is 43.9 Å². The molecule has 2 aromatic carbocycles. The number of benzene rings is 2. The molecule has 178 valence electrons. The van der Waals surface area contributed by atoms with Gasteiger partial charge >= 0.3 is 6.09 Å². The van der Waals surface area contributed by atoms with Crippen molar-refractivity contribution in [3.05, 3.63) is 102 Å². The summed E-state index contributed by atoms with van der Waals surface area (Å²) in [5, 5.41) is 11.5. The fraction of sp³-hybridized carbons (Fsp3) is 0.357. The van der Waals surface area contributed by atoms with Gasteiger partial charge in [-0.3, -0.25) is 9.88 Å². The number of aliphatic hydroxyl groups is 1. The van der Waals surface area contributed by atoms with Gasteiger partial charge < -0.3 is 9.84 Å². The molecule has 3 atom stereocenters. The molecule has 6 heteroatoms. The van der Waals surface area contributed by atoms with E-state index in [1.807, 2.05) is 86.0 Å². The Kier molecular flexibility index (Phi) is 7.01. The molecule has 1 saturated heterocycles. The van der Waals surface area contributed by atoms with Crippen LogP contribution in [0.5, 0.6) is 0 Å². The third-order valence-corrected chi connectivity index (χ3v) is 7.88. The van der Waals surface area contributed by atoms with E-state index in [1.165, 1.54) is 11.8 Å². The maximum absolute atomic E-state index is 13.8. The summed E-state index contributed by atoms with van der Waals surface area (Å²) in [7, 11) is 0. The van der Waals surface area contributed by atoms with Gasteiger partial charge in [-0.1, -0.05) is 81.4 Å². The van der Waals surface area contributed by atoms with Gasteiger partial charge in [0.1, 0.15) is 11.0 Å². The molecule has 1 amide bonds. The summed E-state index contributed by atoms with van der Waals surface area (Å²) in [6.07, 6.45) is 5.29. The van der Waals surface area contributed by atoms with E-state index in [0.29, 0.717) is 6.42 Å². The number of aromatic nitrogens is 1. The molecule has 1 fully saturated rings. The van der Waals surface area contributed by atoms with Crippen molar-refractivity contribution in [1.82, 2.24) is 9.88 Å². The maximum Gasteiger partial charge on any atom is 0.412 e. The number of carbonyl (C=O) groups is 1.